The van der Waals surface area contributed by atoms with E-state index < -0.39 is 11.8 Å². The van der Waals surface area contributed by atoms with E-state index in [0.717, 1.165) is 11.3 Å². The van der Waals surface area contributed by atoms with Gasteiger partial charge in [0, 0.05) is 42.8 Å². The smallest absolute Gasteiger partial charge is 0.313 e. The van der Waals surface area contributed by atoms with Crippen molar-refractivity contribution in [3.05, 3.63) is 46.2 Å². The maximum absolute atomic E-state index is 12.1. The van der Waals surface area contributed by atoms with Crippen LogP contribution in [0.3, 0.4) is 0 Å². The fraction of sp³-hybridized carbons (Fsp3) is 0.333. The topological polar surface area (TPSA) is 61.4 Å². The van der Waals surface area contributed by atoms with Crippen LogP contribution in [-0.2, 0) is 9.59 Å². The quantitative estimate of drug-likeness (QED) is 0.819. The van der Waals surface area contributed by atoms with Gasteiger partial charge in [-0.1, -0.05) is 13.0 Å². The van der Waals surface area contributed by atoms with E-state index in [0.29, 0.717) is 12.2 Å². The minimum atomic E-state index is -0.644. The van der Waals surface area contributed by atoms with Crippen LogP contribution >= 0.6 is 11.3 Å². The number of carbonyl (C=O) groups excluding carboxylic acids is 2. The predicted octanol–water partition coefficient (Wildman–Crippen LogP) is 2.98. The second-order valence-electron chi connectivity index (χ2n) is 5.97. The largest absolute Gasteiger partial charge is 0.378 e. The van der Waals surface area contributed by atoms with E-state index >= 15 is 0 Å². The normalized spacial score (nSPS) is 11.7. The van der Waals surface area contributed by atoms with E-state index in [1.165, 1.54) is 4.88 Å². The number of nitrogens with zero attached hydrogens (tertiary/aromatic N) is 1. The predicted molar refractivity (Wildman–Crippen MR) is 99.9 cm³/mol. The summed E-state index contributed by atoms with van der Waals surface area (Å²) in [6, 6.07) is 9.68. The number of amides is 2. The van der Waals surface area contributed by atoms with Gasteiger partial charge in [-0.3, -0.25) is 9.59 Å². The average Bonchev–Trinajstić information content (AvgIpc) is 3.08. The van der Waals surface area contributed by atoms with Crippen molar-refractivity contribution in [2.75, 3.05) is 30.9 Å². The van der Waals surface area contributed by atoms with Crippen molar-refractivity contribution in [3.63, 3.8) is 0 Å². The van der Waals surface area contributed by atoms with Gasteiger partial charge < -0.3 is 15.5 Å². The summed E-state index contributed by atoms with van der Waals surface area (Å²) in [5.74, 6) is -1.08. The Labute approximate surface area is 146 Å². The maximum Gasteiger partial charge on any atom is 0.313 e. The second-order valence-corrected chi connectivity index (χ2v) is 6.95. The van der Waals surface area contributed by atoms with Gasteiger partial charge in [0.2, 0.25) is 0 Å². The van der Waals surface area contributed by atoms with Gasteiger partial charge >= 0.3 is 11.8 Å². The summed E-state index contributed by atoms with van der Waals surface area (Å²) < 4.78 is 0. The van der Waals surface area contributed by atoms with E-state index in [2.05, 4.69) is 10.6 Å². The molecule has 2 amide bonds. The summed E-state index contributed by atoms with van der Waals surface area (Å²) in [7, 11) is 3.91. The highest BCUT2D eigenvalue weighted by Gasteiger charge is 2.16. The number of carbonyl (C=O) groups is 2. The van der Waals surface area contributed by atoms with Crippen LogP contribution < -0.4 is 15.5 Å². The van der Waals surface area contributed by atoms with Crippen molar-refractivity contribution < 1.29 is 9.59 Å². The molecule has 2 aromatic rings. The molecule has 5 nitrogen and oxygen atoms in total. The van der Waals surface area contributed by atoms with Crippen LogP contribution in [0.15, 0.2) is 35.7 Å². The van der Waals surface area contributed by atoms with Gasteiger partial charge in [-0.15, -0.1) is 11.3 Å². The number of hydrogen-bond acceptors (Lipinski definition) is 4. The number of thiophene rings is 1. The van der Waals surface area contributed by atoms with Crippen LogP contribution in [0.4, 0.5) is 11.4 Å². The van der Waals surface area contributed by atoms with Crippen LogP contribution in [0.1, 0.15) is 23.3 Å². The maximum atomic E-state index is 12.1. The fourth-order valence-electron chi connectivity index (χ4n) is 2.24. The van der Waals surface area contributed by atoms with Crippen molar-refractivity contribution in [2.45, 2.75) is 19.8 Å². The third kappa shape index (κ3) is 4.58. The minimum Gasteiger partial charge on any atom is -0.378 e. The molecule has 1 heterocycles. The van der Waals surface area contributed by atoms with Crippen LogP contribution in [0.5, 0.6) is 0 Å². The molecule has 0 aliphatic rings. The highest BCUT2D eigenvalue weighted by Crippen LogP contribution is 2.21. The summed E-state index contributed by atoms with van der Waals surface area (Å²) in [5, 5.41) is 7.36. The van der Waals surface area contributed by atoms with Crippen molar-refractivity contribution in [2.24, 2.45) is 0 Å². The van der Waals surface area contributed by atoms with E-state index in [9.17, 15) is 9.59 Å². The summed E-state index contributed by atoms with van der Waals surface area (Å²) in [6.45, 7) is 4.36. The van der Waals surface area contributed by atoms with E-state index in [1.54, 1.807) is 11.3 Å². The minimum absolute atomic E-state index is 0.183. The number of rotatable bonds is 5. The molecule has 2 rings (SSSR count). The monoisotopic (exact) mass is 345 g/mol. The first-order valence-electron chi connectivity index (χ1n) is 7.79. The Kier molecular flexibility index (Phi) is 5.98. The number of aryl methyl sites for hydroxylation is 1. The SMILES string of the molecule is Cc1cc(N(C)C)ccc1NC(=O)C(=O)NC[C@@H](C)c1cccs1. The molecule has 1 atom stereocenters. The zero-order valence-electron chi connectivity index (χ0n) is 14.4. The van der Waals surface area contributed by atoms with Gasteiger partial charge in [-0.25, -0.2) is 0 Å². The third-order valence-corrected chi connectivity index (χ3v) is 4.88. The second kappa shape index (κ2) is 7.97. The number of anilines is 2. The van der Waals surface area contributed by atoms with Gasteiger partial charge in [0.1, 0.15) is 0 Å². The molecular weight excluding hydrogens is 322 g/mol. The molecule has 2 N–H and O–H groups in total. The van der Waals surface area contributed by atoms with E-state index in [1.807, 2.05) is 68.6 Å². The molecule has 1 aromatic heterocycles. The lowest BCUT2D eigenvalue weighted by Gasteiger charge is -2.15. The molecule has 0 aliphatic heterocycles. The van der Waals surface area contributed by atoms with Gasteiger partial charge in [0.15, 0.2) is 0 Å². The molecule has 128 valence electrons. The van der Waals surface area contributed by atoms with Crippen molar-refractivity contribution in [3.8, 4) is 0 Å². The summed E-state index contributed by atoms with van der Waals surface area (Å²) in [6.07, 6.45) is 0. The zero-order chi connectivity index (χ0) is 17.7. The van der Waals surface area contributed by atoms with E-state index in [4.69, 9.17) is 0 Å². The number of hydrogen-bond donors (Lipinski definition) is 2. The molecule has 0 bridgehead atoms. The van der Waals surface area contributed by atoms with Crippen LogP contribution in [0, 0.1) is 6.92 Å². The molecular formula is C18H23N3O2S. The molecule has 0 spiro atoms. The van der Waals surface area contributed by atoms with Gasteiger partial charge in [-0.2, -0.15) is 0 Å². The Bertz CT molecular complexity index is 711. The fourth-order valence-corrected chi connectivity index (χ4v) is 3.03. The zero-order valence-corrected chi connectivity index (χ0v) is 15.2. The van der Waals surface area contributed by atoms with E-state index in [-0.39, 0.29) is 5.92 Å². The van der Waals surface area contributed by atoms with Gasteiger partial charge in [0.25, 0.3) is 0 Å². The first-order valence-corrected chi connectivity index (χ1v) is 8.67. The highest BCUT2D eigenvalue weighted by atomic mass is 32.1. The molecule has 0 radical (unpaired) electrons. The summed E-state index contributed by atoms with van der Waals surface area (Å²) in [5.41, 5.74) is 2.60. The van der Waals surface area contributed by atoms with Crippen molar-refractivity contribution in [1.29, 1.82) is 0 Å². The van der Waals surface area contributed by atoms with Crippen LogP contribution in [0.2, 0.25) is 0 Å². The third-order valence-electron chi connectivity index (χ3n) is 3.78. The van der Waals surface area contributed by atoms with Crippen molar-refractivity contribution >= 4 is 34.5 Å². The molecule has 0 saturated carbocycles. The molecule has 24 heavy (non-hydrogen) atoms. The number of benzene rings is 1. The molecule has 1 aromatic carbocycles. The first kappa shape index (κ1) is 18.0. The average molecular weight is 345 g/mol. The standard InChI is InChI=1S/C18H23N3O2S/c1-12-10-14(21(3)4)7-8-15(12)20-18(23)17(22)19-11-13(2)16-6-5-9-24-16/h5-10,13H,11H2,1-4H3,(H,19,22)(H,20,23)/t13-/m1/s1. The first-order chi connectivity index (χ1) is 11.4. The molecule has 0 fully saturated rings. The Morgan fingerprint density at radius 3 is 2.54 bits per heavy atom. The highest BCUT2D eigenvalue weighted by molar-refractivity contribution is 7.10. The van der Waals surface area contributed by atoms with Crippen molar-refractivity contribution in [1.82, 2.24) is 5.32 Å². The lowest BCUT2D eigenvalue weighted by Crippen LogP contribution is -2.37. The number of nitrogens with one attached hydrogen (secondary N) is 2. The summed E-state index contributed by atoms with van der Waals surface area (Å²) in [4.78, 5) is 27.2. The lowest BCUT2D eigenvalue weighted by molar-refractivity contribution is -0.136. The Morgan fingerprint density at radius 2 is 1.96 bits per heavy atom. The molecule has 0 aliphatic carbocycles. The van der Waals surface area contributed by atoms with Gasteiger partial charge in [0.05, 0.1) is 0 Å². The Hall–Kier alpha value is -2.34. The molecule has 6 heteroatoms. The summed E-state index contributed by atoms with van der Waals surface area (Å²) >= 11 is 1.64. The van der Waals surface area contributed by atoms with Crippen LogP contribution in [-0.4, -0.2) is 32.5 Å². The lowest BCUT2D eigenvalue weighted by atomic mass is 10.1. The van der Waals surface area contributed by atoms with Gasteiger partial charge in [-0.05, 0) is 42.1 Å². The Balaban J connectivity index is 1.91. The van der Waals surface area contributed by atoms with Crippen LogP contribution in [0.25, 0.3) is 0 Å². The molecule has 0 unspecified atom stereocenters. The Morgan fingerprint density at radius 1 is 1.21 bits per heavy atom. The molecule has 0 saturated heterocycles.